The zero-order chi connectivity index (χ0) is 15.5. The van der Waals surface area contributed by atoms with E-state index in [1.165, 1.54) is 21.7 Å². The van der Waals surface area contributed by atoms with E-state index in [2.05, 4.69) is 0 Å². The van der Waals surface area contributed by atoms with Crippen LogP contribution in [-0.2, 0) is 16.8 Å². The largest absolute Gasteiger partial charge is 0.330 e. The van der Waals surface area contributed by atoms with E-state index in [0.29, 0.717) is 31.1 Å². The minimum atomic E-state index is -3.55. The lowest BCUT2D eigenvalue weighted by Crippen LogP contribution is -2.46. The molecule has 0 amide bonds. The first kappa shape index (κ1) is 16.4. The topological polar surface area (TPSA) is 66.6 Å². The van der Waals surface area contributed by atoms with Gasteiger partial charge in [-0.25, -0.2) is 4.39 Å². The van der Waals surface area contributed by atoms with Crippen molar-refractivity contribution in [3.05, 3.63) is 35.6 Å². The normalized spacial score (nSPS) is 18.3. The fourth-order valence-corrected chi connectivity index (χ4v) is 3.89. The number of hydrogen-bond acceptors (Lipinski definition) is 3. The summed E-state index contributed by atoms with van der Waals surface area (Å²) in [6.45, 7) is 1.59. The minimum Gasteiger partial charge on any atom is -0.330 e. The molecule has 2 N–H and O–H groups in total. The number of nitrogens with two attached hydrogens (primary N) is 1. The van der Waals surface area contributed by atoms with Gasteiger partial charge in [0.15, 0.2) is 0 Å². The van der Waals surface area contributed by atoms with E-state index in [4.69, 9.17) is 5.73 Å². The van der Waals surface area contributed by atoms with Gasteiger partial charge in [-0.1, -0.05) is 18.2 Å². The molecular weight excluding hydrogens is 293 g/mol. The van der Waals surface area contributed by atoms with E-state index in [0.717, 1.165) is 12.8 Å². The number of rotatable bonds is 5. The van der Waals surface area contributed by atoms with Crippen LogP contribution in [0, 0.1) is 11.7 Å². The first-order valence-corrected chi connectivity index (χ1v) is 8.49. The van der Waals surface area contributed by atoms with Crippen LogP contribution in [0.25, 0.3) is 0 Å². The molecule has 1 fully saturated rings. The molecule has 7 heteroatoms. The summed E-state index contributed by atoms with van der Waals surface area (Å²) in [5.74, 6) is 0.00899. The molecule has 1 heterocycles. The van der Waals surface area contributed by atoms with Gasteiger partial charge >= 0.3 is 0 Å². The Morgan fingerprint density at radius 2 is 1.95 bits per heavy atom. The molecule has 0 radical (unpaired) electrons. The molecule has 1 aliphatic heterocycles. The third kappa shape index (κ3) is 3.79. The van der Waals surface area contributed by atoms with Crippen molar-refractivity contribution in [1.29, 1.82) is 0 Å². The minimum absolute atomic E-state index is 0.0336. The smallest absolute Gasteiger partial charge is 0.282 e. The average molecular weight is 315 g/mol. The monoisotopic (exact) mass is 315 g/mol. The highest BCUT2D eigenvalue weighted by Gasteiger charge is 2.30. The number of hydrogen-bond donors (Lipinski definition) is 1. The van der Waals surface area contributed by atoms with Crippen molar-refractivity contribution in [2.75, 3.05) is 26.7 Å². The maximum Gasteiger partial charge on any atom is 0.282 e. The van der Waals surface area contributed by atoms with E-state index in [1.54, 1.807) is 18.2 Å². The standard InChI is InChI=1S/C14H22FN3O2S/c1-17(11-13-4-2-3-5-14(13)15)21(19,20)18-8-6-12(10-16)7-9-18/h2-5,12H,6-11,16H2,1H3. The van der Waals surface area contributed by atoms with Crippen LogP contribution < -0.4 is 5.73 Å². The van der Waals surface area contributed by atoms with Crippen LogP contribution in [-0.4, -0.2) is 43.7 Å². The summed E-state index contributed by atoms with van der Waals surface area (Å²) >= 11 is 0. The summed E-state index contributed by atoms with van der Waals surface area (Å²) in [6.07, 6.45) is 1.56. The molecule has 0 unspecified atom stereocenters. The molecule has 0 bridgehead atoms. The highest BCUT2D eigenvalue weighted by molar-refractivity contribution is 7.86. The number of piperidine rings is 1. The average Bonchev–Trinajstić information content (AvgIpc) is 2.49. The molecule has 0 saturated carbocycles. The van der Waals surface area contributed by atoms with E-state index >= 15 is 0 Å². The zero-order valence-electron chi connectivity index (χ0n) is 12.2. The Morgan fingerprint density at radius 1 is 1.33 bits per heavy atom. The maximum absolute atomic E-state index is 13.6. The van der Waals surface area contributed by atoms with Crippen molar-refractivity contribution in [1.82, 2.24) is 8.61 Å². The summed E-state index contributed by atoms with van der Waals surface area (Å²) in [5.41, 5.74) is 5.99. The Labute approximate surface area is 125 Å². The first-order chi connectivity index (χ1) is 9.95. The lowest BCUT2D eigenvalue weighted by molar-refractivity contribution is 0.261. The number of nitrogens with zero attached hydrogens (tertiary/aromatic N) is 2. The highest BCUT2D eigenvalue weighted by Crippen LogP contribution is 2.21. The van der Waals surface area contributed by atoms with E-state index in [-0.39, 0.29) is 12.4 Å². The Kier molecular flexibility index (Phi) is 5.32. The molecule has 2 rings (SSSR count). The van der Waals surface area contributed by atoms with Crippen LogP contribution in [0.1, 0.15) is 18.4 Å². The van der Waals surface area contributed by atoms with Crippen LogP contribution in [0.3, 0.4) is 0 Å². The Morgan fingerprint density at radius 3 is 2.52 bits per heavy atom. The molecule has 0 atom stereocenters. The van der Waals surface area contributed by atoms with Gasteiger partial charge in [-0.2, -0.15) is 17.0 Å². The van der Waals surface area contributed by atoms with Crippen molar-refractivity contribution in [3.63, 3.8) is 0 Å². The predicted octanol–water partition coefficient (Wildman–Crippen LogP) is 1.17. The molecule has 1 aromatic carbocycles. The number of halogens is 1. The van der Waals surface area contributed by atoms with E-state index in [1.807, 2.05) is 0 Å². The van der Waals surface area contributed by atoms with Gasteiger partial charge in [0.2, 0.25) is 0 Å². The van der Waals surface area contributed by atoms with Crippen LogP contribution in [0.2, 0.25) is 0 Å². The highest BCUT2D eigenvalue weighted by atomic mass is 32.2. The third-order valence-electron chi connectivity index (χ3n) is 3.98. The van der Waals surface area contributed by atoms with Crippen molar-refractivity contribution < 1.29 is 12.8 Å². The summed E-state index contributed by atoms with van der Waals surface area (Å²) in [7, 11) is -2.07. The van der Waals surface area contributed by atoms with Crippen LogP contribution in [0.15, 0.2) is 24.3 Å². The maximum atomic E-state index is 13.6. The van der Waals surface area contributed by atoms with Gasteiger partial charge in [0.05, 0.1) is 0 Å². The summed E-state index contributed by atoms with van der Waals surface area (Å²) in [6, 6.07) is 6.22. The lowest BCUT2D eigenvalue weighted by Gasteiger charge is -2.33. The molecule has 1 aliphatic rings. The first-order valence-electron chi connectivity index (χ1n) is 7.10. The Hall–Kier alpha value is -1.02. The van der Waals surface area contributed by atoms with Crippen LogP contribution in [0.5, 0.6) is 0 Å². The molecular formula is C14H22FN3O2S. The summed E-state index contributed by atoms with van der Waals surface area (Å²) in [4.78, 5) is 0. The van der Waals surface area contributed by atoms with Gasteiger partial charge in [0.1, 0.15) is 5.82 Å². The molecule has 1 aromatic rings. The van der Waals surface area contributed by atoms with Gasteiger partial charge in [0.25, 0.3) is 10.2 Å². The van der Waals surface area contributed by atoms with Crippen molar-refractivity contribution in [3.8, 4) is 0 Å². The van der Waals surface area contributed by atoms with E-state index in [9.17, 15) is 12.8 Å². The van der Waals surface area contributed by atoms with Crippen molar-refractivity contribution in [2.24, 2.45) is 11.7 Å². The fraction of sp³-hybridized carbons (Fsp3) is 0.571. The second kappa shape index (κ2) is 6.83. The molecule has 5 nitrogen and oxygen atoms in total. The number of benzene rings is 1. The van der Waals surface area contributed by atoms with Crippen molar-refractivity contribution >= 4 is 10.2 Å². The summed E-state index contributed by atoms with van der Waals surface area (Å²) in [5, 5.41) is 0. The van der Waals surface area contributed by atoms with Gasteiger partial charge in [-0.3, -0.25) is 0 Å². The van der Waals surface area contributed by atoms with E-state index < -0.39 is 10.2 Å². The second-order valence-corrected chi connectivity index (χ2v) is 7.47. The van der Waals surface area contributed by atoms with Gasteiger partial charge < -0.3 is 5.73 Å². The molecule has 0 aliphatic carbocycles. The molecule has 1 saturated heterocycles. The SMILES string of the molecule is CN(Cc1ccccc1F)S(=O)(=O)N1CCC(CN)CC1. The Bertz CT molecular complexity index is 571. The quantitative estimate of drug-likeness (QED) is 0.887. The molecule has 0 aromatic heterocycles. The zero-order valence-corrected chi connectivity index (χ0v) is 13.0. The van der Waals surface area contributed by atoms with Gasteiger partial charge in [0, 0.05) is 32.2 Å². The molecule has 118 valence electrons. The molecule has 0 spiro atoms. The Balaban J connectivity index is 2.04. The van der Waals surface area contributed by atoms with Crippen molar-refractivity contribution in [2.45, 2.75) is 19.4 Å². The summed E-state index contributed by atoms with van der Waals surface area (Å²) < 4.78 is 41.3. The molecule has 21 heavy (non-hydrogen) atoms. The van der Waals surface area contributed by atoms with Gasteiger partial charge in [-0.15, -0.1) is 0 Å². The van der Waals surface area contributed by atoms with Gasteiger partial charge in [-0.05, 0) is 31.4 Å². The fourth-order valence-electron chi connectivity index (χ4n) is 2.52. The predicted molar refractivity (Wildman–Crippen MR) is 80.1 cm³/mol. The third-order valence-corrected chi connectivity index (χ3v) is 5.91. The lowest BCUT2D eigenvalue weighted by atomic mass is 9.99. The van der Waals surface area contributed by atoms with Crippen LogP contribution in [0.4, 0.5) is 4.39 Å². The van der Waals surface area contributed by atoms with Crippen LogP contribution >= 0.6 is 0 Å². The second-order valence-electron chi connectivity index (χ2n) is 5.43.